The van der Waals surface area contributed by atoms with E-state index in [4.69, 9.17) is 17.3 Å². The van der Waals surface area contributed by atoms with Crippen molar-refractivity contribution in [3.05, 3.63) is 33.3 Å². The second-order valence-corrected chi connectivity index (χ2v) is 5.60. The largest absolute Gasteiger partial charge is 0.329 e. The monoisotopic (exact) mass is 304 g/mol. The summed E-state index contributed by atoms with van der Waals surface area (Å²) in [4.78, 5) is 0. The van der Waals surface area contributed by atoms with E-state index in [1.54, 1.807) is 0 Å². The zero-order chi connectivity index (χ0) is 12.1. The van der Waals surface area contributed by atoms with E-state index in [1.807, 2.05) is 12.1 Å². The molecule has 0 radical (unpaired) electrons. The fraction of sp³-hybridized carbons (Fsp3) is 0.500. The van der Waals surface area contributed by atoms with Crippen LogP contribution in [-0.2, 0) is 6.54 Å². The molecule has 0 aliphatic heterocycles. The molecular weight excluding hydrogens is 288 g/mol. The van der Waals surface area contributed by atoms with Crippen LogP contribution in [0.2, 0.25) is 5.02 Å². The lowest BCUT2D eigenvalue weighted by molar-refractivity contribution is 0.405. The summed E-state index contributed by atoms with van der Waals surface area (Å²) in [6.45, 7) is 5.77. The Morgan fingerprint density at radius 2 is 2.06 bits per heavy atom. The minimum atomic E-state index is 0.345. The van der Waals surface area contributed by atoms with Crippen LogP contribution in [0.1, 0.15) is 19.4 Å². The average Bonchev–Trinajstić information content (AvgIpc) is 2.16. The summed E-state index contributed by atoms with van der Waals surface area (Å²) in [5.74, 6) is 0.535. The maximum atomic E-state index is 5.98. The predicted molar refractivity (Wildman–Crippen MR) is 73.7 cm³/mol. The number of halogens is 2. The molecule has 16 heavy (non-hydrogen) atoms. The zero-order valence-electron chi connectivity index (χ0n) is 9.63. The van der Waals surface area contributed by atoms with Gasteiger partial charge in [0.2, 0.25) is 0 Å². The number of nitrogens with two attached hydrogens (primary N) is 1. The van der Waals surface area contributed by atoms with Gasteiger partial charge in [-0.25, -0.2) is 0 Å². The summed E-state index contributed by atoms with van der Waals surface area (Å²) in [6, 6.07) is 6.26. The molecule has 0 heterocycles. The minimum Gasteiger partial charge on any atom is -0.329 e. The van der Waals surface area contributed by atoms with Crippen LogP contribution in [0.25, 0.3) is 0 Å². The lowest BCUT2D eigenvalue weighted by Crippen LogP contribution is -2.39. The van der Waals surface area contributed by atoms with Crippen molar-refractivity contribution < 1.29 is 0 Å². The summed E-state index contributed by atoms with van der Waals surface area (Å²) in [6.07, 6.45) is 0. The van der Waals surface area contributed by atoms with Crippen LogP contribution < -0.4 is 11.1 Å². The number of nitrogens with one attached hydrogen (secondary N) is 1. The lowest BCUT2D eigenvalue weighted by Gasteiger charge is -2.20. The van der Waals surface area contributed by atoms with Crippen LogP contribution in [0.5, 0.6) is 0 Å². The number of benzene rings is 1. The maximum absolute atomic E-state index is 5.98. The summed E-state index contributed by atoms with van der Waals surface area (Å²) in [5.41, 5.74) is 6.87. The molecule has 4 heteroatoms. The van der Waals surface area contributed by atoms with Crippen molar-refractivity contribution in [3.63, 3.8) is 0 Å². The van der Waals surface area contributed by atoms with Gasteiger partial charge in [-0.15, -0.1) is 0 Å². The first kappa shape index (κ1) is 14.0. The molecule has 0 aliphatic rings. The molecule has 0 fully saturated rings. The maximum Gasteiger partial charge on any atom is 0.0420 e. The van der Waals surface area contributed by atoms with Gasteiger partial charge in [-0.1, -0.05) is 41.4 Å². The van der Waals surface area contributed by atoms with Gasteiger partial charge >= 0.3 is 0 Å². The molecular formula is C12H18BrClN2. The topological polar surface area (TPSA) is 38.0 Å². The number of hydrogen-bond donors (Lipinski definition) is 2. The fourth-order valence-corrected chi connectivity index (χ4v) is 2.48. The highest BCUT2D eigenvalue weighted by molar-refractivity contribution is 9.10. The van der Waals surface area contributed by atoms with Crippen molar-refractivity contribution in [3.8, 4) is 0 Å². The van der Waals surface area contributed by atoms with Crippen molar-refractivity contribution >= 4 is 27.5 Å². The van der Waals surface area contributed by atoms with Crippen LogP contribution in [-0.4, -0.2) is 12.6 Å². The van der Waals surface area contributed by atoms with Crippen molar-refractivity contribution in [2.45, 2.75) is 26.4 Å². The Hall–Kier alpha value is -0.0900. The van der Waals surface area contributed by atoms with Crippen molar-refractivity contribution in [2.75, 3.05) is 6.54 Å². The molecule has 0 saturated carbocycles. The molecule has 0 aromatic heterocycles. The molecule has 0 saturated heterocycles. The van der Waals surface area contributed by atoms with Crippen LogP contribution in [0.3, 0.4) is 0 Å². The van der Waals surface area contributed by atoms with Gasteiger partial charge in [0.25, 0.3) is 0 Å². The quantitative estimate of drug-likeness (QED) is 0.877. The Morgan fingerprint density at radius 3 is 2.56 bits per heavy atom. The van der Waals surface area contributed by atoms with Gasteiger partial charge in [-0.05, 0) is 29.7 Å². The van der Waals surface area contributed by atoms with Crippen molar-refractivity contribution in [1.29, 1.82) is 0 Å². The third-order valence-electron chi connectivity index (χ3n) is 2.55. The van der Waals surface area contributed by atoms with Gasteiger partial charge < -0.3 is 11.1 Å². The molecule has 0 spiro atoms. The molecule has 0 aliphatic carbocycles. The highest BCUT2D eigenvalue weighted by Gasteiger charge is 2.10. The average molecular weight is 306 g/mol. The molecule has 1 unspecified atom stereocenters. The van der Waals surface area contributed by atoms with Crippen LogP contribution in [0.4, 0.5) is 0 Å². The second-order valence-electron chi connectivity index (χ2n) is 4.24. The minimum absolute atomic E-state index is 0.345. The van der Waals surface area contributed by atoms with Gasteiger partial charge in [-0.2, -0.15) is 0 Å². The smallest absolute Gasteiger partial charge is 0.0420 e. The highest BCUT2D eigenvalue weighted by atomic mass is 79.9. The molecule has 1 aromatic carbocycles. The van der Waals surface area contributed by atoms with E-state index in [9.17, 15) is 0 Å². The van der Waals surface area contributed by atoms with Crippen molar-refractivity contribution in [1.82, 2.24) is 5.32 Å². The predicted octanol–water partition coefficient (Wildman–Crippen LogP) is 3.18. The third-order valence-corrected chi connectivity index (χ3v) is 3.23. The van der Waals surface area contributed by atoms with E-state index in [1.165, 1.54) is 5.56 Å². The zero-order valence-corrected chi connectivity index (χ0v) is 12.0. The van der Waals surface area contributed by atoms with E-state index in [-0.39, 0.29) is 0 Å². The molecule has 1 atom stereocenters. The van der Waals surface area contributed by atoms with Gasteiger partial charge in [0.05, 0.1) is 0 Å². The Kier molecular flexibility index (Phi) is 5.76. The number of rotatable bonds is 5. The number of hydrogen-bond acceptors (Lipinski definition) is 2. The normalized spacial score (nSPS) is 13.1. The summed E-state index contributed by atoms with van der Waals surface area (Å²) >= 11 is 9.41. The fourth-order valence-electron chi connectivity index (χ4n) is 1.55. The Morgan fingerprint density at radius 1 is 1.38 bits per heavy atom. The van der Waals surface area contributed by atoms with E-state index in [2.05, 4.69) is 41.2 Å². The molecule has 0 amide bonds. The van der Waals surface area contributed by atoms with E-state index >= 15 is 0 Å². The molecule has 3 N–H and O–H groups in total. The third kappa shape index (κ3) is 4.42. The summed E-state index contributed by atoms with van der Waals surface area (Å²) in [5, 5.41) is 4.19. The van der Waals surface area contributed by atoms with E-state index in [0.717, 1.165) is 16.0 Å². The Labute approximate surface area is 111 Å². The highest BCUT2D eigenvalue weighted by Crippen LogP contribution is 2.19. The van der Waals surface area contributed by atoms with Crippen LogP contribution >= 0.6 is 27.5 Å². The molecule has 1 aromatic rings. The first-order valence-corrected chi connectivity index (χ1v) is 6.58. The van der Waals surface area contributed by atoms with E-state index in [0.29, 0.717) is 18.5 Å². The first-order chi connectivity index (χ1) is 7.52. The molecule has 1 rings (SSSR count). The van der Waals surface area contributed by atoms with Crippen LogP contribution in [0, 0.1) is 5.92 Å². The summed E-state index contributed by atoms with van der Waals surface area (Å²) < 4.78 is 1.01. The Bertz CT molecular complexity index is 322. The van der Waals surface area contributed by atoms with E-state index < -0.39 is 0 Å². The standard InChI is InChI=1S/C12H18BrClN2/c1-8(2)12(6-15)16-7-9-3-10(13)5-11(14)4-9/h3-5,8,12,16H,6-7,15H2,1-2H3. The van der Waals surface area contributed by atoms with Gasteiger partial charge in [-0.3, -0.25) is 0 Å². The second kappa shape index (κ2) is 6.60. The lowest BCUT2D eigenvalue weighted by atomic mass is 10.0. The van der Waals surface area contributed by atoms with Gasteiger partial charge in [0, 0.05) is 28.6 Å². The summed E-state index contributed by atoms with van der Waals surface area (Å²) in [7, 11) is 0. The van der Waals surface area contributed by atoms with Gasteiger partial charge in [0.15, 0.2) is 0 Å². The Balaban J connectivity index is 2.60. The SMILES string of the molecule is CC(C)C(CN)NCc1cc(Cl)cc(Br)c1. The van der Waals surface area contributed by atoms with Crippen LogP contribution in [0.15, 0.2) is 22.7 Å². The molecule has 90 valence electrons. The van der Waals surface area contributed by atoms with Crippen molar-refractivity contribution in [2.24, 2.45) is 11.7 Å². The first-order valence-electron chi connectivity index (χ1n) is 5.41. The molecule has 0 bridgehead atoms. The molecule has 2 nitrogen and oxygen atoms in total. The van der Waals surface area contributed by atoms with Gasteiger partial charge in [0.1, 0.15) is 0 Å².